The van der Waals surface area contributed by atoms with Gasteiger partial charge in [-0.25, -0.2) is 0 Å². The zero-order valence-corrected chi connectivity index (χ0v) is 13.2. The highest BCUT2D eigenvalue weighted by molar-refractivity contribution is 9.10. The first-order valence-electron chi connectivity index (χ1n) is 6.36. The van der Waals surface area contributed by atoms with Gasteiger partial charge in [0.05, 0.1) is 0 Å². The van der Waals surface area contributed by atoms with Crippen LogP contribution in [0.2, 0.25) is 0 Å². The first kappa shape index (κ1) is 14.1. The smallest absolute Gasteiger partial charge is 0.0465 e. The van der Waals surface area contributed by atoms with Gasteiger partial charge in [-0.2, -0.15) is 0 Å². The lowest BCUT2D eigenvalue weighted by atomic mass is 10.1. The van der Waals surface area contributed by atoms with Crippen molar-refractivity contribution in [1.29, 1.82) is 0 Å². The Balaban J connectivity index is 2.45. The predicted octanol–water partition coefficient (Wildman–Crippen LogP) is 4.24. The quantitative estimate of drug-likeness (QED) is 0.906. The van der Waals surface area contributed by atoms with Crippen molar-refractivity contribution in [2.45, 2.75) is 13.5 Å². The third kappa shape index (κ3) is 3.17. The molecule has 2 aromatic carbocycles. The highest BCUT2D eigenvalue weighted by Gasteiger charge is 2.11. The number of aryl methyl sites for hydroxylation is 1. The minimum absolute atomic E-state index is 0.860. The molecule has 2 rings (SSSR count). The summed E-state index contributed by atoms with van der Waals surface area (Å²) in [5.74, 6) is 0. The van der Waals surface area contributed by atoms with Crippen LogP contribution in [0.15, 0.2) is 46.9 Å². The zero-order valence-electron chi connectivity index (χ0n) is 11.6. The molecule has 19 heavy (non-hydrogen) atoms. The van der Waals surface area contributed by atoms with Crippen molar-refractivity contribution < 1.29 is 0 Å². The summed E-state index contributed by atoms with van der Waals surface area (Å²) in [6.45, 7) is 3.00. The molecule has 0 bridgehead atoms. The molecule has 100 valence electrons. The number of hydrogen-bond donors (Lipinski definition) is 1. The van der Waals surface area contributed by atoms with Gasteiger partial charge < -0.3 is 10.2 Å². The van der Waals surface area contributed by atoms with E-state index in [1.54, 1.807) is 0 Å². The Hall–Kier alpha value is -1.32. The highest BCUT2D eigenvalue weighted by Crippen LogP contribution is 2.31. The van der Waals surface area contributed by atoms with Crippen LogP contribution >= 0.6 is 15.9 Å². The molecule has 1 N–H and O–H groups in total. The van der Waals surface area contributed by atoms with Gasteiger partial charge in [-0.15, -0.1) is 0 Å². The molecule has 0 atom stereocenters. The number of anilines is 2. The Morgan fingerprint density at radius 2 is 1.84 bits per heavy atom. The Kier molecular flexibility index (Phi) is 4.61. The van der Waals surface area contributed by atoms with Crippen LogP contribution < -0.4 is 10.2 Å². The van der Waals surface area contributed by atoms with Gasteiger partial charge in [-0.3, -0.25) is 0 Å². The second-order valence-electron chi connectivity index (χ2n) is 4.65. The molecule has 0 saturated heterocycles. The summed E-state index contributed by atoms with van der Waals surface area (Å²) in [5.41, 5.74) is 5.02. The minimum atomic E-state index is 0.860. The molecule has 0 spiro atoms. The van der Waals surface area contributed by atoms with Gasteiger partial charge in [0.1, 0.15) is 0 Å². The van der Waals surface area contributed by atoms with Crippen molar-refractivity contribution in [3.8, 4) is 0 Å². The lowest BCUT2D eigenvalue weighted by Gasteiger charge is -2.24. The zero-order chi connectivity index (χ0) is 13.8. The van der Waals surface area contributed by atoms with Crippen LogP contribution in [-0.4, -0.2) is 14.1 Å². The predicted molar refractivity (Wildman–Crippen MR) is 86.1 cm³/mol. The van der Waals surface area contributed by atoms with E-state index < -0.39 is 0 Å². The van der Waals surface area contributed by atoms with Crippen LogP contribution in [0.5, 0.6) is 0 Å². The number of benzene rings is 2. The first-order valence-corrected chi connectivity index (χ1v) is 7.15. The van der Waals surface area contributed by atoms with Gasteiger partial charge in [-0.1, -0.05) is 40.2 Å². The van der Waals surface area contributed by atoms with Crippen LogP contribution in [0.4, 0.5) is 11.4 Å². The summed E-state index contributed by atoms with van der Waals surface area (Å²) in [4.78, 5) is 2.24. The summed E-state index contributed by atoms with van der Waals surface area (Å²) in [7, 11) is 4.09. The maximum absolute atomic E-state index is 3.56. The third-order valence-corrected chi connectivity index (χ3v) is 3.75. The average molecular weight is 319 g/mol. The van der Waals surface area contributed by atoms with E-state index in [9.17, 15) is 0 Å². The van der Waals surface area contributed by atoms with Crippen molar-refractivity contribution in [3.05, 3.63) is 58.1 Å². The Morgan fingerprint density at radius 1 is 1.11 bits per heavy atom. The SMILES string of the molecule is CNCc1ccc(Br)cc1N(C)c1ccccc1C. The molecule has 2 nitrogen and oxygen atoms in total. The molecule has 0 radical (unpaired) electrons. The second kappa shape index (κ2) is 6.22. The Labute approximate surface area is 123 Å². The fourth-order valence-corrected chi connectivity index (χ4v) is 2.61. The Bertz CT molecular complexity index is 566. The lowest BCUT2D eigenvalue weighted by molar-refractivity contribution is 0.815. The van der Waals surface area contributed by atoms with Gasteiger partial charge in [0, 0.05) is 29.4 Å². The van der Waals surface area contributed by atoms with Gasteiger partial charge in [0.15, 0.2) is 0 Å². The lowest BCUT2D eigenvalue weighted by Crippen LogP contribution is -2.15. The molecule has 0 aliphatic rings. The summed E-state index contributed by atoms with van der Waals surface area (Å²) in [6.07, 6.45) is 0. The van der Waals surface area contributed by atoms with Crippen molar-refractivity contribution in [2.24, 2.45) is 0 Å². The Morgan fingerprint density at radius 3 is 2.53 bits per heavy atom. The van der Waals surface area contributed by atoms with Crippen molar-refractivity contribution in [3.63, 3.8) is 0 Å². The minimum Gasteiger partial charge on any atom is -0.344 e. The van der Waals surface area contributed by atoms with Crippen molar-refractivity contribution in [2.75, 3.05) is 19.0 Å². The second-order valence-corrected chi connectivity index (χ2v) is 5.56. The van der Waals surface area contributed by atoms with Crippen molar-refractivity contribution >= 4 is 27.3 Å². The number of nitrogens with one attached hydrogen (secondary N) is 1. The number of para-hydroxylation sites is 1. The van der Waals surface area contributed by atoms with E-state index in [4.69, 9.17) is 0 Å². The van der Waals surface area contributed by atoms with Gasteiger partial charge >= 0.3 is 0 Å². The maximum atomic E-state index is 3.56. The van der Waals surface area contributed by atoms with Crippen LogP contribution in [-0.2, 0) is 6.54 Å². The summed E-state index contributed by atoms with van der Waals surface area (Å²) in [6, 6.07) is 14.9. The summed E-state index contributed by atoms with van der Waals surface area (Å²) in [5, 5.41) is 3.22. The summed E-state index contributed by atoms with van der Waals surface area (Å²) < 4.78 is 1.10. The largest absolute Gasteiger partial charge is 0.344 e. The van der Waals surface area contributed by atoms with Crippen LogP contribution in [0, 0.1) is 6.92 Å². The normalized spacial score (nSPS) is 10.5. The molecule has 0 unspecified atom stereocenters. The molecule has 2 aromatic rings. The van der Waals surface area contributed by atoms with E-state index in [2.05, 4.69) is 82.6 Å². The highest BCUT2D eigenvalue weighted by atomic mass is 79.9. The molecule has 0 heterocycles. The van der Waals surface area contributed by atoms with Crippen LogP contribution in [0.3, 0.4) is 0 Å². The molecule has 0 aliphatic heterocycles. The van der Waals surface area contributed by atoms with E-state index >= 15 is 0 Å². The van der Waals surface area contributed by atoms with E-state index in [1.807, 2.05) is 7.05 Å². The van der Waals surface area contributed by atoms with Gasteiger partial charge in [0.25, 0.3) is 0 Å². The molecule has 0 saturated carbocycles. The molecule has 0 amide bonds. The van der Waals surface area contributed by atoms with E-state index in [-0.39, 0.29) is 0 Å². The maximum Gasteiger partial charge on any atom is 0.0465 e. The van der Waals surface area contributed by atoms with Crippen LogP contribution in [0.1, 0.15) is 11.1 Å². The monoisotopic (exact) mass is 318 g/mol. The number of nitrogens with zero attached hydrogens (tertiary/aromatic N) is 1. The topological polar surface area (TPSA) is 15.3 Å². The van der Waals surface area contributed by atoms with E-state index in [1.165, 1.54) is 22.5 Å². The standard InChI is InChI=1S/C16H19BrN2/c1-12-6-4-5-7-15(12)19(3)16-10-14(17)9-8-13(16)11-18-2/h4-10,18H,11H2,1-3H3. The molecule has 3 heteroatoms. The average Bonchev–Trinajstić information content (AvgIpc) is 2.41. The molecule has 0 aliphatic carbocycles. The number of hydrogen-bond acceptors (Lipinski definition) is 2. The first-order chi connectivity index (χ1) is 9.13. The van der Waals surface area contributed by atoms with Crippen molar-refractivity contribution in [1.82, 2.24) is 5.32 Å². The van der Waals surface area contributed by atoms with Crippen LogP contribution in [0.25, 0.3) is 0 Å². The van der Waals surface area contributed by atoms with E-state index in [0.29, 0.717) is 0 Å². The molecular weight excluding hydrogens is 300 g/mol. The van der Waals surface area contributed by atoms with Gasteiger partial charge in [0.2, 0.25) is 0 Å². The van der Waals surface area contributed by atoms with Gasteiger partial charge in [-0.05, 0) is 43.3 Å². The molecule has 0 fully saturated rings. The molecular formula is C16H19BrN2. The summed E-state index contributed by atoms with van der Waals surface area (Å²) >= 11 is 3.56. The van der Waals surface area contributed by atoms with E-state index in [0.717, 1.165) is 11.0 Å². The molecule has 0 aromatic heterocycles. The fourth-order valence-electron chi connectivity index (χ4n) is 2.26. The number of halogens is 1. The number of rotatable bonds is 4. The third-order valence-electron chi connectivity index (χ3n) is 3.25. The fraction of sp³-hybridized carbons (Fsp3) is 0.250.